The molecule has 2 aromatic carbocycles. The van der Waals surface area contributed by atoms with Crippen molar-refractivity contribution in [2.75, 3.05) is 0 Å². The molecule has 0 radical (unpaired) electrons. The quantitative estimate of drug-likeness (QED) is 0.839. The molecule has 0 saturated carbocycles. The maximum atomic E-state index is 13.0. The van der Waals surface area contributed by atoms with E-state index in [9.17, 15) is 9.50 Å². The zero-order valence-corrected chi connectivity index (χ0v) is 11.2. The minimum absolute atomic E-state index is 0.146. The molecular weight excluding hydrogens is 295 g/mol. The van der Waals surface area contributed by atoms with Crippen LogP contribution >= 0.6 is 15.9 Å². The molecule has 0 bridgehead atoms. The Hall–Kier alpha value is -1.19. The Morgan fingerprint density at radius 3 is 2.50 bits per heavy atom. The first-order valence-electron chi connectivity index (χ1n) is 5.88. The van der Waals surface area contributed by atoms with Crippen LogP contribution in [-0.4, -0.2) is 5.11 Å². The van der Waals surface area contributed by atoms with Crippen molar-refractivity contribution in [1.29, 1.82) is 0 Å². The summed E-state index contributed by atoms with van der Waals surface area (Å²) in [5.74, 6) is -0.0835. The van der Waals surface area contributed by atoms with E-state index in [-0.39, 0.29) is 11.7 Å². The van der Waals surface area contributed by atoms with Gasteiger partial charge in [-0.25, -0.2) is 4.39 Å². The van der Waals surface area contributed by atoms with Crippen molar-refractivity contribution < 1.29 is 9.50 Å². The van der Waals surface area contributed by atoms with Crippen LogP contribution in [0.2, 0.25) is 0 Å². The van der Waals surface area contributed by atoms with E-state index >= 15 is 0 Å². The van der Waals surface area contributed by atoms with E-state index in [1.54, 1.807) is 12.1 Å². The average Bonchev–Trinajstić information content (AvgIpc) is 2.67. The standard InChI is InChI=1S/C15H12BrFO/c16-10-3-6-12-14(7-10)13(8-15(12)18)9-1-4-11(17)5-2-9/h1-7,13,15,18H,8H2/t13-,15-/m1/s1. The van der Waals surface area contributed by atoms with Crippen LogP contribution in [0.15, 0.2) is 46.9 Å². The lowest BCUT2D eigenvalue weighted by Crippen LogP contribution is -1.96. The molecule has 2 aromatic rings. The van der Waals surface area contributed by atoms with Gasteiger partial charge in [0.2, 0.25) is 0 Å². The zero-order chi connectivity index (χ0) is 12.7. The van der Waals surface area contributed by atoms with Crippen molar-refractivity contribution >= 4 is 15.9 Å². The van der Waals surface area contributed by atoms with Gasteiger partial charge in [-0.15, -0.1) is 0 Å². The molecule has 1 nitrogen and oxygen atoms in total. The fourth-order valence-electron chi connectivity index (χ4n) is 2.64. The predicted molar refractivity (Wildman–Crippen MR) is 72.0 cm³/mol. The summed E-state index contributed by atoms with van der Waals surface area (Å²) in [5, 5.41) is 10.1. The van der Waals surface area contributed by atoms with Crippen LogP contribution in [-0.2, 0) is 0 Å². The molecule has 0 amide bonds. The lowest BCUT2D eigenvalue weighted by atomic mass is 9.93. The number of aliphatic hydroxyl groups excluding tert-OH is 1. The van der Waals surface area contributed by atoms with Crippen molar-refractivity contribution in [2.45, 2.75) is 18.4 Å². The van der Waals surface area contributed by atoms with Gasteiger partial charge in [-0.3, -0.25) is 0 Å². The molecule has 18 heavy (non-hydrogen) atoms. The third-order valence-electron chi connectivity index (χ3n) is 3.51. The number of hydrogen-bond acceptors (Lipinski definition) is 1. The SMILES string of the molecule is O[C@@H]1C[C@H](c2ccc(F)cc2)c2cc(Br)ccc21. The minimum atomic E-state index is -0.428. The molecule has 1 aliphatic carbocycles. The van der Waals surface area contributed by atoms with E-state index in [0.717, 1.165) is 21.2 Å². The maximum Gasteiger partial charge on any atom is 0.123 e. The second-order valence-electron chi connectivity index (χ2n) is 4.63. The Balaban J connectivity index is 2.06. The normalized spacial score (nSPS) is 21.9. The number of fused-ring (bicyclic) bond motifs is 1. The van der Waals surface area contributed by atoms with Gasteiger partial charge in [0, 0.05) is 10.4 Å². The zero-order valence-electron chi connectivity index (χ0n) is 9.61. The Morgan fingerprint density at radius 1 is 1.06 bits per heavy atom. The van der Waals surface area contributed by atoms with Gasteiger partial charge in [0.1, 0.15) is 5.82 Å². The highest BCUT2D eigenvalue weighted by Crippen LogP contribution is 2.44. The van der Waals surface area contributed by atoms with Crippen molar-refractivity contribution in [3.63, 3.8) is 0 Å². The monoisotopic (exact) mass is 306 g/mol. The third kappa shape index (κ3) is 1.98. The summed E-state index contributed by atoms with van der Waals surface area (Å²) >= 11 is 3.45. The van der Waals surface area contributed by atoms with Gasteiger partial charge in [-0.05, 0) is 47.4 Å². The molecule has 0 unspecified atom stereocenters. The largest absolute Gasteiger partial charge is 0.388 e. The summed E-state index contributed by atoms with van der Waals surface area (Å²) in [6, 6.07) is 12.5. The summed E-state index contributed by atoms with van der Waals surface area (Å²) in [4.78, 5) is 0. The van der Waals surface area contributed by atoms with E-state index in [4.69, 9.17) is 0 Å². The van der Waals surface area contributed by atoms with Gasteiger partial charge in [0.15, 0.2) is 0 Å². The van der Waals surface area contributed by atoms with Crippen molar-refractivity contribution in [3.05, 3.63) is 69.4 Å². The van der Waals surface area contributed by atoms with Gasteiger partial charge in [-0.2, -0.15) is 0 Å². The Morgan fingerprint density at radius 2 is 1.78 bits per heavy atom. The third-order valence-corrected chi connectivity index (χ3v) is 4.01. The predicted octanol–water partition coefficient (Wildman–Crippen LogP) is 4.16. The van der Waals surface area contributed by atoms with Gasteiger partial charge >= 0.3 is 0 Å². The average molecular weight is 307 g/mol. The van der Waals surface area contributed by atoms with E-state index in [1.807, 2.05) is 18.2 Å². The summed E-state index contributed by atoms with van der Waals surface area (Å²) in [6.45, 7) is 0. The van der Waals surface area contributed by atoms with Crippen LogP contribution in [0.1, 0.15) is 35.1 Å². The van der Waals surface area contributed by atoms with Crippen molar-refractivity contribution in [1.82, 2.24) is 0 Å². The summed E-state index contributed by atoms with van der Waals surface area (Å²) in [6.07, 6.45) is 0.236. The second-order valence-corrected chi connectivity index (χ2v) is 5.54. The highest BCUT2D eigenvalue weighted by Gasteiger charge is 2.30. The highest BCUT2D eigenvalue weighted by molar-refractivity contribution is 9.10. The fraction of sp³-hybridized carbons (Fsp3) is 0.200. The van der Waals surface area contributed by atoms with E-state index in [0.29, 0.717) is 6.42 Å². The van der Waals surface area contributed by atoms with E-state index < -0.39 is 6.10 Å². The molecule has 0 saturated heterocycles. The van der Waals surface area contributed by atoms with E-state index in [1.165, 1.54) is 12.1 Å². The van der Waals surface area contributed by atoms with Crippen molar-refractivity contribution in [2.24, 2.45) is 0 Å². The maximum absolute atomic E-state index is 13.0. The molecule has 3 heteroatoms. The fourth-order valence-corrected chi connectivity index (χ4v) is 3.02. The van der Waals surface area contributed by atoms with E-state index in [2.05, 4.69) is 15.9 Å². The molecule has 0 fully saturated rings. The summed E-state index contributed by atoms with van der Waals surface area (Å²) in [7, 11) is 0. The lowest BCUT2D eigenvalue weighted by Gasteiger charge is -2.12. The molecule has 0 aromatic heterocycles. The molecule has 3 rings (SSSR count). The molecule has 1 aliphatic rings. The van der Waals surface area contributed by atoms with Crippen LogP contribution in [0, 0.1) is 5.82 Å². The molecule has 0 spiro atoms. The van der Waals surface area contributed by atoms with Gasteiger partial charge in [0.05, 0.1) is 6.10 Å². The van der Waals surface area contributed by atoms with Crippen LogP contribution < -0.4 is 0 Å². The second kappa shape index (κ2) is 4.48. The topological polar surface area (TPSA) is 20.2 Å². The smallest absolute Gasteiger partial charge is 0.123 e. The van der Waals surface area contributed by atoms with Gasteiger partial charge in [0.25, 0.3) is 0 Å². The number of hydrogen-bond donors (Lipinski definition) is 1. The molecule has 92 valence electrons. The molecule has 0 aliphatic heterocycles. The molecule has 1 N–H and O–H groups in total. The summed E-state index contributed by atoms with van der Waals surface area (Å²) < 4.78 is 14.0. The molecular formula is C15H12BrFO. The number of halogens is 2. The van der Waals surface area contributed by atoms with Crippen LogP contribution in [0.25, 0.3) is 0 Å². The Labute approximate surface area is 113 Å². The lowest BCUT2D eigenvalue weighted by molar-refractivity contribution is 0.176. The number of aliphatic hydroxyl groups is 1. The van der Waals surface area contributed by atoms with Gasteiger partial charge in [-0.1, -0.05) is 34.1 Å². The molecule has 0 heterocycles. The van der Waals surface area contributed by atoms with Crippen LogP contribution in [0.5, 0.6) is 0 Å². The first kappa shape index (κ1) is 11.9. The first-order chi connectivity index (χ1) is 8.65. The first-order valence-corrected chi connectivity index (χ1v) is 6.67. The number of rotatable bonds is 1. The highest BCUT2D eigenvalue weighted by atomic mass is 79.9. The number of benzene rings is 2. The minimum Gasteiger partial charge on any atom is -0.388 e. The van der Waals surface area contributed by atoms with Gasteiger partial charge < -0.3 is 5.11 Å². The Bertz CT molecular complexity index is 580. The van der Waals surface area contributed by atoms with Crippen LogP contribution in [0.3, 0.4) is 0 Å². The summed E-state index contributed by atoms with van der Waals surface area (Å²) in [5.41, 5.74) is 3.16. The van der Waals surface area contributed by atoms with Crippen molar-refractivity contribution in [3.8, 4) is 0 Å². The molecule has 2 atom stereocenters. The Kier molecular flexibility index (Phi) is 2.96. The van der Waals surface area contributed by atoms with Crippen LogP contribution in [0.4, 0.5) is 4.39 Å².